The van der Waals surface area contributed by atoms with Gasteiger partial charge < -0.3 is 26.5 Å². The van der Waals surface area contributed by atoms with Gasteiger partial charge in [-0.05, 0) is 121 Å². The van der Waals surface area contributed by atoms with Gasteiger partial charge in [0, 0.05) is 51.1 Å². The molecule has 81 heavy (non-hydrogen) atoms. The molecule has 0 unspecified atom stereocenters. The molecule has 0 saturated heterocycles. The third kappa shape index (κ3) is 11.0. The first-order valence-corrected chi connectivity index (χ1v) is 28.2. The fourth-order valence-corrected chi connectivity index (χ4v) is 11.6. The van der Waals surface area contributed by atoms with Crippen LogP contribution in [-0.2, 0) is 42.7 Å². The van der Waals surface area contributed by atoms with Crippen molar-refractivity contribution in [2.24, 2.45) is 0 Å². The first kappa shape index (κ1) is 58.5. The zero-order valence-electron chi connectivity index (χ0n) is 50.1. The van der Waals surface area contributed by atoms with Crippen LogP contribution in [0, 0.1) is 26.2 Å². The molecule has 0 aliphatic carbocycles. The summed E-state index contributed by atoms with van der Waals surface area (Å²) < 4.78 is 9.40. The fourth-order valence-electron chi connectivity index (χ4n) is 11.6. The summed E-state index contributed by atoms with van der Waals surface area (Å²) in [6, 6.07) is 72.1. The summed E-state index contributed by atoms with van der Waals surface area (Å²) in [5.41, 5.74) is 17.8. The van der Waals surface area contributed by atoms with Gasteiger partial charge in [0.1, 0.15) is 5.82 Å². The molecule has 414 valence electrons. The minimum Gasteiger partial charge on any atom is -0.509 e. The molecule has 10 aromatic rings. The predicted molar refractivity (Wildman–Crippen MR) is 339 cm³/mol. The fraction of sp³-hybridized carbons (Fsp3) is 0.267. The van der Waals surface area contributed by atoms with Crippen LogP contribution in [0.1, 0.15) is 153 Å². The third-order valence-electron chi connectivity index (χ3n) is 16.6. The smallest absolute Gasteiger partial charge is 0.509 e. The molecule has 1 aliphatic rings. The molecule has 0 bridgehead atoms. The Morgan fingerprint density at radius 2 is 1.06 bits per heavy atom. The van der Waals surface area contributed by atoms with E-state index in [1.807, 2.05) is 12.3 Å². The summed E-state index contributed by atoms with van der Waals surface area (Å²) in [5, 5.41) is 2.22. The van der Waals surface area contributed by atoms with Crippen molar-refractivity contribution >= 4 is 44.6 Å². The van der Waals surface area contributed by atoms with E-state index in [0.29, 0.717) is 11.5 Å². The van der Waals surface area contributed by atoms with Crippen LogP contribution >= 0.6 is 0 Å². The van der Waals surface area contributed by atoms with Crippen molar-refractivity contribution in [3.8, 4) is 28.4 Å². The van der Waals surface area contributed by atoms with Crippen LogP contribution in [0.5, 0.6) is 11.5 Å². The van der Waals surface area contributed by atoms with E-state index in [1.165, 1.54) is 50.1 Å². The van der Waals surface area contributed by atoms with E-state index in [9.17, 15) is 0 Å². The Morgan fingerprint density at radius 3 is 1.65 bits per heavy atom. The summed E-state index contributed by atoms with van der Waals surface area (Å²) in [6.45, 7) is 34.5. The molecule has 0 N–H and O–H groups in total. The average molecular weight is 1250 g/mol. The molecule has 0 fully saturated rings. The molecule has 0 spiro atoms. The standard InChI is InChI=1S/C74H75N4O.CH3.Pt/c1-48(2)61-29-23-30-62(49(3)4)70(61)50-38-57(45-60(39-50)79-59-33-34-64-63-28-21-22-31-65(63)78(67(64)46-59)69-44-54(36-37-75-69)72(8,9)10)76-47-77(68-43-53(71(5,6)7)32-35-66(68)76)58-41-55(73(11,12)51-24-17-15-18-25-51)40-56(42-58)74(13,14)52-26-19-16-20-27-52;;/h15-44,47-49H,1-14H3;1H3;/q-3;-1;+4. The molecule has 5 nitrogen and oxygen atoms in total. The van der Waals surface area contributed by atoms with E-state index in [2.05, 4.69) is 300 Å². The average Bonchev–Trinajstić information content (AvgIpc) is 4.06. The maximum absolute atomic E-state index is 7.17. The number of rotatable bonds is 12. The van der Waals surface area contributed by atoms with Gasteiger partial charge in [-0.1, -0.05) is 212 Å². The summed E-state index contributed by atoms with van der Waals surface area (Å²) in [5.74, 6) is 2.60. The Morgan fingerprint density at radius 1 is 0.481 bits per heavy atom. The molecule has 1 aliphatic heterocycles. The van der Waals surface area contributed by atoms with Crippen molar-refractivity contribution in [1.82, 2.24) is 9.55 Å². The van der Waals surface area contributed by atoms with Gasteiger partial charge in [0.2, 0.25) is 0 Å². The van der Waals surface area contributed by atoms with E-state index in [1.54, 1.807) is 0 Å². The number of anilines is 4. The molecule has 11 rings (SSSR count). The number of ether oxygens (including phenoxy) is 1. The van der Waals surface area contributed by atoms with Gasteiger partial charge in [0.15, 0.2) is 0 Å². The largest absolute Gasteiger partial charge is 4.00 e. The number of pyridine rings is 1. The van der Waals surface area contributed by atoms with Gasteiger partial charge in [-0.3, -0.25) is 0 Å². The molecule has 3 heterocycles. The number of para-hydroxylation sites is 1. The van der Waals surface area contributed by atoms with Crippen LogP contribution in [-0.4, -0.2) is 9.55 Å². The summed E-state index contributed by atoms with van der Waals surface area (Å²) in [7, 11) is 0. The van der Waals surface area contributed by atoms with E-state index < -0.39 is 0 Å². The molecule has 8 aromatic carbocycles. The molecule has 0 amide bonds. The zero-order valence-corrected chi connectivity index (χ0v) is 52.3. The van der Waals surface area contributed by atoms with Crippen LogP contribution in [0.4, 0.5) is 22.7 Å². The number of nitrogens with zero attached hydrogens (tertiary/aromatic N) is 4. The number of fused-ring (bicyclic) bond motifs is 4. The summed E-state index contributed by atoms with van der Waals surface area (Å²) >= 11 is 0. The van der Waals surface area contributed by atoms with Crippen molar-refractivity contribution in [3.05, 3.63) is 253 Å². The molecule has 6 heteroatoms. The van der Waals surface area contributed by atoms with Crippen LogP contribution in [0.3, 0.4) is 0 Å². The van der Waals surface area contributed by atoms with Gasteiger partial charge >= 0.3 is 21.1 Å². The second-order valence-electron chi connectivity index (χ2n) is 25.5. The van der Waals surface area contributed by atoms with Crippen molar-refractivity contribution in [2.75, 3.05) is 9.80 Å². The van der Waals surface area contributed by atoms with E-state index in [0.717, 1.165) is 55.9 Å². The number of benzene rings is 8. The minimum absolute atomic E-state index is 0. The van der Waals surface area contributed by atoms with Crippen molar-refractivity contribution in [1.29, 1.82) is 0 Å². The van der Waals surface area contributed by atoms with Gasteiger partial charge in [-0.25, -0.2) is 4.98 Å². The first-order valence-electron chi connectivity index (χ1n) is 28.2. The quantitative estimate of drug-likeness (QED) is 0.114. The molecule has 0 saturated carbocycles. The summed E-state index contributed by atoms with van der Waals surface area (Å²) in [4.78, 5) is 9.69. The second-order valence-corrected chi connectivity index (χ2v) is 25.5. The molecule has 0 atom stereocenters. The number of aromatic nitrogens is 2. The van der Waals surface area contributed by atoms with Gasteiger partial charge in [0.05, 0.1) is 0 Å². The monoisotopic (exact) mass is 1250 g/mol. The second kappa shape index (κ2) is 22.3. The number of hydrogen-bond donors (Lipinski definition) is 0. The van der Waals surface area contributed by atoms with Gasteiger partial charge in [0.25, 0.3) is 0 Å². The topological polar surface area (TPSA) is 33.5 Å². The van der Waals surface area contributed by atoms with Crippen LogP contribution in [0.15, 0.2) is 182 Å². The molecular formula is C75H78N4OPt. The molecule has 0 radical (unpaired) electrons. The normalized spacial score (nSPS) is 13.0. The Balaban J connectivity index is 0.00000396. The van der Waals surface area contributed by atoms with Crippen molar-refractivity contribution < 1.29 is 25.8 Å². The van der Waals surface area contributed by atoms with Crippen molar-refractivity contribution in [3.63, 3.8) is 0 Å². The Bertz CT molecular complexity index is 3800. The van der Waals surface area contributed by atoms with E-state index in [4.69, 9.17) is 9.72 Å². The third-order valence-corrected chi connectivity index (χ3v) is 16.6. The maximum Gasteiger partial charge on any atom is 4.00 e. The Kier molecular flexibility index (Phi) is 16.1. The predicted octanol–water partition coefficient (Wildman–Crippen LogP) is 20.6. The van der Waals surface area contributed by atoms with Crippen LogP contribution in [0.25, 0.3) is 38.8 Å². The van der Waals surface area contributed by atoms with Crippen molar-refractivity contribution in [2.45, 2.75) is 130 Å². The van der Waals surface area contributed by atoms with Crippen LogP contribution in [0.2, 0.25) is 0 Å². The maximum atomic E-state index is 7.17. The SMILES string of the molecule is CC(C)c1cccc(C(C)C)c1-c1cc(Oc2[c-]c3c(cc2)c2ccccc2n3-c2cc(C(C)(C)C)ccn2)[c-]c(N2[CH-]N(c3cc(C(C)(C)c4ccccc4)cc(C(C)(C)c4ccccc4)c3)c3cc(C(C)(C)C)ccc32)c1.[CH3-].[Pt+4]. The van der Waals surface area contributed by atoms with Crippen LogP contribution < -0.4 is 14.5 Å². The van der Waals surface area contributed by atoms with Gasteiger partial charge in [-0.15, -0.1) is 53.6 Å². The number of hydrogen-bond acceptors (Lipinski definition) is 4. The summed E-state index contributed by atoms with van der Waals surface area (Å²) in [6.07, 6.45) is 1.92. The first-order chi connectivity index (χ1) is 37.6. The van der Waals surface area contributed by atoms with E-state index >= 15 is 0 Å². The molecule has 2 aromatic heterocycles. The van der Waals surface area contributed by atoms with Gasteiger partial charge in [-0.2, -0.15) is 6.07 Å². The zero-order chi connectivity index (χ0) is 55.8. The Hall–Kier alpha value is -7.20. The molecular weight excluding hydrogens is 1170 g/mol. The minimum atomic E-state index is -0.304. The van der Waals surface area contributed by atoms with E-state index in [-0.39, 0.29) is 62.0 Å². The Labute approximate surface area is 498 Å².